The second kappa shape index (κ2) is 6.21. The molecule has 4 heteroatoms. The molecule has 3 nitrogen and oxygen atoms in total. The molecule has 1 aromatic carbocycles. The minimum Gasteiger partial charge on any atom is -0.468 e. The van der Waals surface area contributed by atoms with E-state index >= 15 is 0 Å². The Morgan fingerprint density at radius 1 is 1.44 bits per heavy atom. The van der Waals surface area contributed by atoms with E-state index in [-0.39, 0.29) is 12.0 Å². The standard InChI is InChI=1S/C14H18ClNO2/c1-18-14(17)13(11-4-5-11)16-9-8-10-2-6-12(15)7-3-10/h2-3,6-7,11,13,16H,4-5,8-9H2,1H3. The Labute approximate surface area is 112 Å². The second-order valence-corrected chi connectivity index (χ2v) is 5.11. The first-order valence-corrected chi connectivity index (χ1v) is 6.64. The fourth-order valence-electron chi connectivity index (χ4n) is 2.02. The topological polar surface area (TPSA) is 38.3 Å². The van der Waals surface area contributed by atoms with Gasteiger partial charge in [0.05, 0.1) is 7.11 Å². The van der Waals surface area contributed by atoms with Gasteiger partial charge < -0.3 is 10.1 Å². The lowest BCUT2D eigenvalue weighted by molar-refractivity contribution is -0.143. The van der Waals surface area contributed by atoms with Crippen molar-refractivity contribution in [1.29, 1.82) is 0 Å². The van der Waals surface area contributed by atoms with Crippen LogP contribution < -0.4 is 5.32 Å². The van der Waals surface area contributed by atoms with Crippen LogP contribution in [0.2, 0.25) is 5.02 Å². The van der Waals surface area contributed by atoms with Crippen LogP contribution in [-0.2, 0) is 16.0 Å². The Bertz CT molecular complexity index is 401. The van der Waals surface area contributed by atoms with Gasteiger partial charge in [-0.1, -0.05) is 23.7 Å². The van der Waals surface area contributed by atoms with Gasteiger partial charge in [0.1, 0.15) is 6.04 Å². The van der Waals surface area contributed by atoms with Gasteiger partial charge in [-0.2, -0.15) is 0 Å². The predicted octanol–water partition coefficient (Wildman–Crippen LogP) is 2.42. The van der Waals surface area contributed by atoms with Gasteiger partial charge in [-0.25, -0.2) is 0 Å². The van der Waals surface area contributed by atoms with Gasteiger partial charge in [0.2, 0.25) is 0 Å². The quantitative estimate of drug-likeness (QED) is 0.805. The van der Waals surface area contributed by atoms with Crippen LogP contribution >= 0.6 is 11.6 Å². The number of hydrogen-bond donors (Lipinski definition) is 1. The van der Waals surface area contributed by atoms with Crippen LogP contribution in [0.25, 0.3) is 0 Å². The van der Waals surface area contributed by atoms with Crippen molar-refractivity contribution in [3.05, 3.63) is 34.9 Å². The highest BCUT2D eigenvalue weighted by molar-refractivity contribution is 6.30. The van der Waals surface area contributed by atoms with Crippen LogP contribution in [0.3, 0.4) is 0 Å². The molecule has 0 bridgehead atoms. The maximum absolute atomic E-state index is 11.6. The number of rotatable bonds is 6. The van der Waals surface area contributed by atoms with E-state index in [0.717, 1.165) is 30.8 Å². The van der Waals surface area contributed by atoms with Crippen LogP contribution in [0, 0.1) is 5.92 Å². The lowest BCUT2D eigenvalue weighted by Crippen LogP contribution is -2.40. The molecular weight excluding hydrogens is 250 g/mol. The summed E-state index contributed by atoms with van der Waals surface area (Å²) >= 11 is 5.83. The summed E-state index contributed by atoms with van der Waals surface area (Å²) < 4.78 is 4.81. The van der Waals surface area contributed by atoms with Crippen molar-refractivity contribution < 1.29 is 9.53 Å². The van der Waals surface area contributed by atoms with Crippen molar-refractivity contribution in [2.24, 2.45) is 5.92 Å². The van der Waals surface area contributed by atoms with Crippen LogP contribution in [0.1, 0.15) is 18.4 Å². The molecule has 0 aromatic heterocycles. The van der Waals surface area contributed by atoms with E-state index in [1.807, 2.05) is 24.3 Å². The van der Waals surface area contributed by atoms with Crippen molar-refractivity contribution in [1.82, 2.24) is 5.32 Å². The molecule has 2 rings (SSSR count). The van der Waals surface area contributed by atoms with Gasteiger partial charge >= 0.3 is 5.97 Å². The average Bonchev–Trinajstić information content (AvgIpc) is 3.20. The van der Waals surface area contributed by atoms with Crippen molar-refractivity contribution in [3.8, 4) is 0 Å². The number of benzene rings is 1. The zero-order valence-corrected chi connectivity index (χ0v) is 11.2. The number of methoxy groups -OCH3 is 1. The molecule has 0 amide bonds. The molecule has 1 aromatic rings. The molecule has 1 unspecified atom stereocenters. The molecule has 1 aliphatic rings. The van der Waals surface area contributed by atoms with Crippen LogP contribution in [0.4, 0.5) is 0 Å². The number of carbonyl (C=O) groups excluding carboxylic acids is 1. The first kappa shape index (κ1) is 13.4. The molecule has 0 heterocycles. The van der Waals surface area contributed by atoms with E-state index in [9.17, 15) is 4.79 Å². The van der Waals surface area contributed by atoms with Gasteiger partial charge in [0.25, 0.3) is 0 Å². The predicted molar refractivity (Wildman–Crippen MR) is 71.7 cm³/mol. The van der Waals surface area contributed by atoms with Crippen LogP contribution in [0.5, 0.6) is 0 Å². The lowest BCUT2D eigenvalue weighted by atomic mass is 10.1. The largest absolute Gasteiger partial charge is 0.468 e. The number of carbonyl (C=O) groups is 1. The average molecular weight is 268 g/mol. The van der Waals surface area contributed by atoms with Crippen molar-refractivity contribution in [2.75, 3.05) is 13.7 Å². The first-order valence-electron chi connectivity index (χ1n) is 6.26. The molecule has 1 N–H and O–H groups in total. The third kappa shape index (κ3) is 3.72. The number of halogens is 1. The number of esters is 1. The van der Waals surface area contributed by atoms with Crippen molar-refractivity contribution in [2.45, 2.75) is 25.3 Å². The molecule has 1 fully saturated rings. The smallest absolute Gasteiger partial charge is 0.323 e. The normalized spacial score (nSPS) is 16.3. The highest BCUT2D eigenvalue weighted by Gasteiger charge is 2.36. The molecule has 18 heavy (non-hydrogen) atoms. The van der Waals surface area contributed by atoms with Gasteiger partial charge in [0.15, 0.2) is 0 Å². The minimum atomic E-state index is -0.145. The fraction of sp³-hybridized carbons (Fsp3) is 0.500. The van der Waals surface area contributed by atoms with E-state index in [4.69, 9.17) is 16.3 Å². The van der Waals surface area contributed by atoms with E-state index < -0.39 is 0 Å². The summed E-state index contributed by atoms with van der Waals surface area (Å²) in [6.07, 6.45) is 3.12. The zero-order chi connectivity index (χ0) is 13.0. The third-order valence-electron chi connectivity index (χ3n) is 3.24. The first-order chi connectivity index (χ1) is 8.70. The second-order valence-electron chi connectivity index (χ2n) is 4.67. The molecule has 1 aliphatic carbocycles. The fourth-order valence-corrected chi connectivity index (χ4v) is 2.15. The Hall–Kier alpha value is -1.06. The summed E-state index contributed by atoms with van der Waals surface area (Å²) in [6.45, 7) is 0.776. The van der Waals surface area contributed by atoms with Gasteiger partial charge in [-0.15, -0.1) is 0 Å². The number of nitrogens with one attached hydrogen (secondary N) is 1. The molecule has 1 saturated carbocycles. The van der Waals surface area contributed by atoms with E-state index in [2.05, 4.69) is 5.32 Å². The van der Waals surface area contributed by atoms with Crippen molar-refractivity contribution >= 4 is 17.6 Å². The van der Waals surface area contributed by atoms with Crippen LogP contribution in [0.15, 0.2) is 24.3 Å². The van der Waals surface area contributed by atoms with E-state index in [1.165, 1.54) is 12.7 Å². The minimum absolute atomic E-state index is 0.137. The lowest BCUT2D eigenvalue weighted by Gasteiger charge is -2.15. The summed E-state index contributed by atoms with van der Waals surface area (Å²) in [6, 6.07) is 7.65. The van der Waals surface area contributed by atoms with E-state index in [1.54, 1.807) is 0 Å². The summed E-state index contributed by atoms with van der Waals surface area (Å²) in [7, 11) is 1.44. The Kier molecular flexibility index (Phi) is 4.61. The monoisotopic (exact) mass is 267 g/mol. The molecular formula is C14H18ClNO2. The molecule has 0 spiro atoms. The van der Waals surface area contributed by atoms with Gasteiger partial charge in [-0.05, 0) is 49.4 Å². The van der Waals surface area contributed by atoms with E-state index in [0.29, 0.717) is 5.92 Å². The maximum Gasteiger partial charge on any atom is 0.323 e. The molecule has 0 aliphatic heterocycles. The Morgan fingerprint density at radius 3 is 2.67 bits per heavy atom. The zero-order valence-electron chi connectivity index (χ0n) is 10.5. The summed E-state index contributed by atoms with van der Waals surface area (Å²) in [5, 5.41) is 4.04. The summed E-state index contributed by atoms with van der Waals surface area (Å²) in [5.41, 5.74) is 1.21. The van der Waals surface area contributed by atoms with Gasteiger partial charge in [-0.3, -0.25) is 4.79 Å². The number of ether oxygens (including phenoxy) is 1. The molecule has 1 atom stereocenters. The molecule has 0 radical (unpaired) electrons. The highest BCUT2D eigenvalue weighted by atomic mass is 35.5. The third-order valence-corrected chi connectivity index (χ3v) is 3.49. The SMILES string of the molecule is COC(=O)C(NCCc1ccc(Cl)cc1)C1CC1. The maximum atomic E-state index is 11.6. The Morgan fingerprint density at radius 2 is 2.11 bits per heavy atom. The summed E-state index contributed by atoms with van der Waals surface area (Å²) in [5.74, 6) is 0.316. The molecule has 98 valence electrons. The van der Waals surface area contributed by atoms with Crippen molar-refractivity contribution in [3.63, 3.8) is 0 Å². The molecule has 0 saturated heterocycles. The summed E-state index contributed by atoms with van der Waals surface area (Å²) in [4.78, 5) is 11.6. The highest BCUT2D eigenvalue weighted by Crippen LogP contribution is 2.33. The van der Waals surface area contributed by atoms with Crippen LogP contribution in [-0.4, -0.2) is 25.7 Å². The Balaban J connectivity index is 1.79. The van der Waals surface area contributed by atoms with Gasteiger partial charge in [0, 0.05) is 5.02 Å². The number of hydrogen-bond acceptors (Lipinski definition) is 3.